The first-order chi connectivity index (χ1) is 9.88. The zero-order chi connectivity index (χ0) is 15.2. The van der Waals surface area contributed by atoms with Crippen LogP contribution in [0.3, 0.4) is 0 Å². The Hall–Kier alpha value is -2.38. The quantitative estimate of drug-likeness (QED) is 0.823. The van der Waals surface area contributed by atoms with Crippen LogP contribution in [0.1, 0.15) is 16.7 Å². The molecule has 0 aliphatic carbocycles. The van der Waals surface area contributed by atoms with Crippen LogP contribution in [-0.4, -0.2) is 10.2 Å². The number of rotatable bonds is 1. The maximum atomic E-state index is 13.7. The van der Waals surface area contributed by atoms with E-state index in [0.717, 1.165) is 6.20 Å². The van der Waals surface area contributed by atoms with Crippen molar-refractivity contribution in [3.8, 4) is 0 Å². The number of halogens is 4. The maximum absolute atomic E-state index is 13.7. The zero-order valence-corrected chi connectivity index (χ0v) is 10.5. The van der Waals surface area contributed by atoms with Crippen molar-refractivity contribution >= 4 is 5.69 Å². The third-order valence-electron chi connectivity index (χ3n) is 3.39. The Bertz CT molecular complexity index is 754. The highest BCUT2D eigenvalue weighted by molar-refractivity contribution is 5.56. The molecule has 110 valence electrons. The minimum absolute atomic E-state index is 0.0315. The van der Waals surface area contributed by atoms with Crippen LogP contribution in [0, 0.1) is 5.82 Å². The average Bonchev–Trinajstić information content (AvgIpc) is 2.82. The van der Waals surface area contributed by atoms with Gasteiger partial charge in [-0.15, -0.1) is 0 Å². The summed E-state index contributed by atoms with van der Waals surface area (Å²) in [5, 5.41) is 5.19. The van der Waals surface area contributed by atoms with E-state index in [4.69, 9.17) is 0 Å². The zero-order valence-electron chi connectivity index (χ0n) is 10.5. The predicted octanol–water partition coefficient (Wildman–Crippen LogP) is 2.45. The summed E-state index contributed by atoms with van der Waals surface area (Å²) in [5.41, 5.74) is -2.03. The summed E-state index contributed by atoms with van der Waals surface area (Å²) in [6.07, 6.45) is -3.87. The second-order valence-corrected chi connectivity index (χ2v) is 4.69. The van der Waals surface area contributed by atoms with E-state index < -0.39 is 23.1 Å². The van der Waals surface area contributed by atoms with Gasteiger partial charge >= 0.3 is 6.18 Å². The molecule has 8 heteroatoms. The van der Waals surface area contributed by atoms with Crippen LogP contribution in [0.25, 0.3) is 0 Å². The number of hydrogen-bond acceptors (Lipinski definition) is 3. The maximum Gasteiger partial charge on any atom is 0.423 e. The molecule has 0 spiro atoms. The van der Waals surface area contributed by atoms with Gasteiger partial charge in [0.2, 0.25) is 0 Å². The van der Waals surface area contributed by atoms with Gasteiger partial charge in [0, 0.05) is 18.7 Å². The molecule has 0 unspecified atom stereocenters. The van der Waals surface area contributed by atoms with Crippen LogP contribution in [0.5, 0.6) is 0 Å². The summed E-state index contributed by atoms with van der Waals surface area (Å²) in [6, 6.07) is 4.40. The largest absolute Gasteiger partial charge is 0.423 e. The predicted molar refractivity (Wildman–Crippen MR) is 66.1 cm³/mol. The van der Waals surface area contributed by atoms with Crippen molar-refractivity contribution < 1.29 is 17.6 Å². The highest BCUT2D eigenvalue weighted by Crippen LogP contribution is 2.37. The van der Waals surface area contributed by atoms with E-state index in [1.54, 1.807) is 11.2 Å². The highest BCUT2D eigenvalue weighted by atomic mass is 19.4. The summed E-state index contributed by atoms with van der Waals surface area (Å²) in [4.78, 5) is 12.7. The number of fused-ring (bicyclic) bond motifs is 1. The fraction of sp³-hybridized carbons (Fsp3) is 0.231. The van der Waals surface area contributed by atoms with Crippen LogP contribution in [0.4, 0.5) is 23.2 Å². The lowest BCUT2D eigenvalue weighted by atomic mass is 10.1. The van der Waals surface area contributed by atoms with E-state index in [-0.39, 0.29) is 18.8 Å². The molecule has 1 aromatic heterocycles. The summed E-state index contributed by atoms with van der Waals surface area (Å²) < 4.78 is 52.7. The van der Waals surface area contributed by atoms with Crippen molar-refractivity contribution in [3.63, 3.8) is 0 Å². The number of anilines is 1. The molecule has 0 radical (unpaired) electrons. The number of nitrogens with one attached hydrogen (secondary N) is 1. The van der Waals surface area contributed by atoms with Crippen LogP contribution in [0.2, 0.25) is 0 Å². The first-order valence-electron chi connectivity index (χ1n) is 6.04. The van der Waals surface area contributed by atoms with E-state index in [1.165, 1.54) is 17.0 Å². The second-order valence-electron chi connectivity index (χ2n) is 4.69. The molecule has 0 atom stereocenters. The Balaban J connectivity index is 2.07. The van der Waals surface area contributed by atoms with Gasteiger partial charge in [-0.3, -0.25) is 4.79 Å². The van der Waals surface area contributed by atoms with Crippen molar-refractivity contribution in [2.24, 2.45) is 0 Å². The fourth-order valence-corrected chi connectivity index (χ4v) is 2.45. The molecule has 21 heavy (non-hydrogen) atoms. The molecule has 1 aliphatic rings. The number of alkyl halides is 3. The molecule has 3 rings (SSSR count). The summed E-state index contributed by atoms with van der Waals surface area (Å²) >= 11 is 0. The lowest BCUT2D eigenvalue weighted by Crippen LogP contribution is -2.28. The van der Waals surface area contributed by atoms with Gasteiger partial charge in [0.05, 0.1) is 11.9 Å². The van der Waals surface area contributed by atoms with Gasteiger partial charge in [-0.05, 0) is 11.6 Å². The smallest absolute Gasteiger partial charge is 0.361 e. The fourth-order valence-electron chi connectivity index (χ4n) is 2.45. The third-order valence-corrected chi connectivity index (χ3v) is 3.39. The number of aromatic nitrogens is 2. The SMILES string of the molecule is O=c1[nH]ncc(N2Cc3cccc(F)c3C2)c1C(F)(F)F. The lowest BCUT2D eigenvalue weighted by Gasteiger charge is -2.21. The Kier molecular flexibility index (Phi) is 2.96. The molecule has 4 nitrogen and oxygen atoms in total. The molecular weight excluding hydrogens is 290 g/mol. The van der Waals surface area contributed by atoms with Gasteiger partial charge in [0.1, 0.15) is 11.4 Å². The van der Waals surface area contributed by atoms with E-state index in [0.29, 0.717) is 11.1 Å². The lowest BCUT2D eigenvalue weighted by molar-refractivity contribution is -0.138. The number of aromatic amines is 1. The first-order valence-corrected chi connectivity index (χ1v) is 6.04. The molecule has 0 bridgehead atoms. The Morgan fingerprint density at radius 3 is 2.67 bits per heavy atom. The van der Waals surface area contributed by atoms with E-state index in [2.05, 4.69) is 5.10 Å². The van der Waals surface area contributed by atoms with Gasteiger partial charge in [-0.1, -0.05) is 12.1 Å². The number of H-pyrrole nitrogens is 1. The molecule has 1 aliphatic heterocycles. The van der Waals surface area contributed by atoms with Crippen LogP contribution in [0.15, 0.2) is 29.2 Å². The summed E-state index contributed by atoms with van der Waals surface area (Å²) in [6.45, 7) is 0.0670. The molecule has 0 amide bonds. The van der Waals surface area contributed by atoms with Crippen molar-refractivity contribution in [3.05, 3.63) is 57.3 Å². The van der Waals surface area contributed by atoms with Crippen molar-refractivity contribution in [1.29, 1.82) is 0 Å². The molecule has 0 saturated carbocycles. The van der Waals surface area contributed by atoms with Crippen molar-refractivity contribution in [2.45, 2.75) is 19.3 Å². The minimum Gasteiger partial charge on any atom is -0.361 e. The van der Waals surface area contributed by atoms with E-state index in [1.807, 2.05) is 0 Å². The van der Waals surface area contributed by atoms with Gasteiger partial charge in [-0.25, -0.2) is 9.49 Å². The monoisotopic (exact) mass is 299 g/mol. The topological polar surface area (TPSA) is 49.0 Å². The summed E-state index contributed by atoms with van der Waals surface area (Å²) in [5.74, 6) is -0.471. The first kappa shape index (κ1) is 13.6. The van der Waals surface area contributed by atoms with Gasteiger partial charge in [0.15, 0.2) is 0 Å². The standard InChI is InChI=1S/C13H9F4N3O/c14-9-3-1-2-7-5-20(6-8(7)9)10-4-18-19-12(21)11(10)13(15,16)17/h1-4H,5-6H2,(H,19,21). The molecular formula is C13H9F4N3O. The summed E-state index contributed by atoms with van der Waals surface area (Å²) in [7, 11) is 0. The Morgan fingerprint density at radius 1 is 1.24 bits per heavy atom. The molecule has 1 N–H and O–H groups in total. The number of hydrogen-bond donors (Lipinski definition) is 1. The van der Waals surface area contributed by atoms with Crippen LogP contribution >= 0.6 is 0 Å². The Morgan fingerprint density at radius 2 is 2.00 bits per heavy atom. The van der Waals surface area contributed by atoms with E-state index in [9.17, 15) is 22.4 Å². The molecule has 0 saturated heterocycles. The van der Waals surface area contributed by atoms with Gasteiger partial charge in [0.25, 0.3) is 5.56 Å². The third kappa shape index (κ3) is 2.26. The Labute approximate surface area is 116 Å². The van der Waals surface area contributed by atoms with Gasteiger partial charge in [-0.2, -0.15) is 18.3 Å². The molecule has 2 aromatic rings. The molecule has 0 fully saturated rings. The highest BCUT2D eigenvalue weighted by Gasteiger charge is 2.39. The molecule has 1 aromatic carbocycles. The minimum atomic E-state index is -4.81. The van der Waals surface area contributed by atoms with Crippen LogP contribution in [-0.2, 0) is 19.3 Å². The van der Waals surface area contributed by atoms with Crippen molar-refractivity contribution in [2.75, 3.05) is 4.90 Å². The van der Waals surface area contributed by atoms with Crippen LogP contribution < -0.4 is 10.5 Å². The van der Waals surface area contributed by atoms with E-state index >= 15 is 0 Å². The van der Waals surface area contributed by atoms with Gasteiger partial charge < -0.3 is 4.90 Å². The number of benzene rings is 1. The molecule has 2 heterocycles. The average molecular weight is 299 g/mol. The second kappa shape index (κ2) is 4.57. The van der Waals surface area contributed by atoms with Crippen molar-refractivity contribution in [1.82, 2.24) is 10.2 Å². The number of nitrogens with zero attached hydrogens (tertiary/aromatic N) is 2. The normalized spacial score (nSPS) is 14.4.